The summed E-state index contributed by atoms with van der Waals surface area (Å²) >= 11 is 0. The SMILES string of the molecule is Fc1ccc2c(c1)C(F)(F)CN2. The molecule has 1 nitrogen and oxygen atoms in total. The maximum Gasteiger partial charge on any atom is 0.292 e. The van der Waals surface area contributed by atoms with Crippen LogP contribution in [0.25, 0.3) is 0 Å². The van der Waals surface area contributed by atoms with Crippen molar-refractivity contribution in [1.29, 1.82) is 0 Å². The third-order valence-corrected chi connectivity index (χ3v) is 1.88. The van der Waals surface area contributed by atoms with Crippen molar-refractivity contribution in [2.24, 2.45) is 0 Å². The summed E-state index contributed by atoms with van der Waals surface area (Å²) in [6.07, 6.45) is 0. The van der Waals surface area contributed by atoms with E-state index in [0.29, 0.717) is 5.69 Å². The maximum atomic E-state index is 12.9. The minimum atomic E-state index is -2.93. The number of hydrogen-bond acceptors (Lipinski definition) is 1. The molecule has 0 aliphatic carbocycles. The van der Waals surface area contributed by atoms with Crippen LogP contribution in [0.2, 0.25) is 0 Å². The number of hydrogen-bond donors (Lipinski definition) is 1. The summed E-state index contributed by atoms with van der Waals surface area (Å²) in [7, 11) is 0. The van der Waals surface area contributed by atoms with Crippen molar-refractivity contribution >= 4 is 5.69 Å². The lowest BCUT2D eigenvalue weighted by atomic mass is 10.1. The summed E-state index contributed by atoms with van der Waals surface area (Å²) in [6, 6.07) is 3.36. The first-order valence-electron chi connectivity index (χ1n) is 3.51. The Hall–Kier alpha value is -1.19. The molecule has 64 valence electrons. The maximum absolute atomic E-state index is 12.9. The van der Waals surface area contributed by atoms with Crippen molar-refractivity contribution < 1.29 is 13.2 Å². The molecule has 1 aromatic carbocycles. The Labute approximate surface area is 67.2 Å². The summed E-state index contributed by atoms with van der Waals surface area (Å²) in [6.45, 7) is -0.439. The Morgan fingerprint density at radius 3 is 2.83 bits per heavy atom. The summed E-state index contributed by atoms with van der Waals surface area (Å²) in [4.78, 5) is 0. The van der Waals surface area contributed by atoms with Gasteiger partial charge in [-0.1, -0.05) is 0 Å². The van der Waals surface area contributed by atoms with Crippen LogP contribution in [0.3, 0.4) is 0 Å². The average molecular weight is 173 g/mol. The third kappa shape index (κ3) is 0.948. The molecule has 2 rings (SSSR count). The number of alkyl halides is 2. The smallest absolute Gasteiger partial charge is 0.292 e. The predicted molar refractivity (Wildman–Crippen MR) is 38.8 cm³/mol. The molecular weight excluding hydrogens is 167 g/mol. The van der Waals surface area contributed by atoms with Crippen LogP contribution in [0.5, 0.6) is 0 Å². The Bertz CT molecular complexity index is 322. The van der Waals surface area contributed by atoms with Gasteiger partial charge in [0.05, 0.1) is 6.54 Å². The highest BCUT2D eigenvalue weighted by Crippen LogP contribution is 2.39. The molecule has 0 unspecified atom stereocenters. The van der Waals surface area contributed by atoms with Crippen LogP contribution in [0.15, 0.2) is 18.2 Å². The van der Waals surface area contributed by atoms with E-state index in [1.807, 2.05) is 0 Å². The van der Waals surface area contributed by atoms with Crippen LogP contribution in [-0.2, 0) is 5.92 Å². The van der Waals surface area contributed by atoms with Gasteiger partial charge in [-0.2, -0.15) is 8.78 Å². The lowest BCUT2D eigenvalue weighted by Gasteiger charge is -2.06. The molecule has 0 bridgehead atoms. The van der Waals surface area contributed by atoms with Crippen molar-refractivity contribution in [3.63, 3.8) is 0 Å². The molecule has 0 saturated carbocycles. The van der Waals surface area contributed by atoms with Crippen LogP contribution in [0, 0.1) is 5.82 Å². The highest BCUT2D eigenvalue weighted by Gasteiger charge is 2.39. The standard InChI is InChI=1S/C8H6F3N/c9-5-1-2-7-6(3-5)8(10,11)4-12-7/h1-3,12H,4H2. The molecule has 0 spiro atoms. The highest BCUT2D eigenvalue weighted by molar-refractivity contribution is 5.58. The van der Waals surface area contributed by atoms with E-state index in [4.69, 9.17) is 0 Å². The first-order chi connectivity index (χ1) is 5.59. The first-order valence-corrected chi connectivity index (χ1v) is 3.51. The molecule has 0 radical (unpaired) electrons. The second-order valence-corrected chi connectivity index (χ2v) is 2.75. The molecule has 4 heteroatoms. The van der Waals surface area contributed by atoms with Crippen LogP contribution in [0.4, 0.5) is 18.9 Å². The predicted octanol–water partition coefficient (Wildman–Crippen LogP) is 2.34. The molecule has 1 N–H and O–H groups in total. The Morgan fingerprint density at radius 2 is 2.08 bits per heavy atom. The molecule has 1 aliphatic heterocycles. The third-order valence-electron chi connectivity index (χ3n) is 1.88. The van der Waals surface area contributed by atoms with Gasteiger partial charge in [0.25, 0.3) is 5.92 Å². The van der Waals surface area contributed by atoms with E-state index in [0.717, 1.165) is 12.1 Å². The van der Waals surface area contributed by atoms with Crippen molar-refractivity contribution in [3.05, 3.63) is 29.6 Å². The summed E-state index contributed by atoms with van der Waals surface area (Å²) < 4.78 is 38.3. The number of nitrogens with one attached hydrogen (secondary N) is 1. The lowest BCUT2D eigenvalue weighted by molar-refractivity contribution is 0.0183. The van der Waals surface area contributed by atoms with E-state index >= 15 is 0 Å². The molecule has 1 aromatic rings. The number of fused-ring (bicyclic) bond motifs is 1. The fraction of sp³-hybridized carbons (Fsp3) is 0.250. The van der Waals surface area contributed by atoms with Gasteiger partial charge in [0, 0.05) is 11.3 Å². The van der Waals surface area contributed by atoms with Crippen molar-refractivity contribution in [3.8, 4) is 0 Å². The van der Waals surface area contributed by atoms with Crippen LogP contribution >= 0.6 is 0 Å². The number of benzene rings is 1. The zero-order valence-corrected chi connectivity index (χ0v) is 6.07. The van der Waals surface area contributed by atoms with Crippen LogP contribution in [-0.4, -0.2) is 6.54 Å². The summed E-state index contributed by atoms with van der Waals surface area (Å²) in [5, 5.41) is 2.50. The number of halogens is 3. The molecule has 0 amide bonds. The van der Waals surface area contributed by atoms with Gasteiger partial charge < -0.3 is 5.32 Å². The first kappa shape index (κ1) is 7.46. The van der Waals surface area contributed by atoms with Gasteiger partial charge in [0.15, 0.2) is 0 Å². The topological polar surface area (TPSA) is 12.0 Å². The minimum absolute atomic E-state index is 0.248. The van der Waals surface area contributed by atoms with Gasteiger partial charge in [-0.25, -0.2) is 4.39 Å². The van der Waals surface area contributed by atoms with E-state index < -0.39 is 18.3 Å². The zero-order chi connectivity index (χ0) is 8.77. The average Bonchev–Trinajstić information content (AvgIpc) is 2.28. The van der Waals surface area contributed by atoms with Crippen LogP contribution in [0.1, 0.15) is 5.56 Å². The fourth-order valence-electron chi connectivity index (χ4n) is 1.27. The van der Waals surface area contributed by atoms with Gasteiger partial charge >= 0.3 is 0 Å². The van der Waals surface area contributed by atoms with Gasteiger partial charge in [0.1, 0.15) is 5.82 Å². The molecule has 0 fully saturated rings. The van der Waals surface area contributed by atoms with E-state index in [9.17, 15) is 13.2 Å². The van der Waals surface area contributed by atoms with Crippen molar-refractivity contribution in [2.45, 2.75) is 5.92 Å². The van der Waals surface area contributed by atoms with E-state index in [-0.39, 0.29) is 5.56 Å². The largest absolute Gasteiger partial charge is 0.378 e. The molecule has 12 heavy (non-hydrogen) atoms. The Kier molecular flexibility index (Phi) is 1.34. The van der Waals surface area contributed by atoms with Gasteiger partial charge in [-0.3, -0.25) is 0 Å². The Balaban J connectivity index is 2.57. The monoisotopic (exact) mass is 173 g/mol. The minimum Gasteiger partial charge on any atom is -0.378 e. The number of rotatable bonds is 0. The molecule has 0 atom stereocenters. The molecular formula is C8H6F3N. The van der Waals surface area contributed by atoms with Gasteiger partial charge in [-0.15, -0.1) is 0 Å². The van der Waals surface area contributed by atoms with E-state index in [1.165, 1.54) is 6.07 Å². The van der Waals surface area contributed by atoms with E-state index in [1.54, 1.807) is 0 Å². The number of anilines is 1. The fourth-order valence-corrected chi connectivity index (χ4v) is 1.27. The quantitative estimate of drug-likeness (QED) is 0.634. The second-order valence-electron chi connectivity index (χ2n) is 2.75. The van der Waals surface area contributed by atoms with Crippen molar-refractivity contribution in [2.75, 3.05) is 11.9 Å². The molecule has 0 saturated heterocycles. The normalized spacial score (nSPS) is 18.6. The van der Waals surface area contributed by atoms with Gasteiger partial charge in [-0.05, 0) is 18.2 Å². The van der Waals surface area contributed by atoms with Gasteiger partial charge in [0.2, 0.25) is 0 Å². The summed E-state index contributed by atoms with van der Waals surface area (Å²) in [5.74, 6) is -3.56. The van der Waals surface area contributed by atoms with Crippen molar-refractivity contribution in [1.82, 2.24) is 0 Å². The highest BCUT2D eigenvalue weighted by atomic mass is 19.3. The zero-order valence-electron chi connectivity index (χ0n) is 6.07. The Morgan fingerprint density at radius 1 is 1.33 bits per heavy atom. The molecule has 1 heterocycles. The summed E-state index contributed by atoms with van der Waals surface area (Å²) in [5.41, 5.74) is 0.0731. The van der Waals surface area contributed by atoms with E-state index in [2.05, 4.69) is 5.32 Å². The lowest BCUT2D eigenvalue weighted by Crippen LogP contribution is -2.15. The molecule has 0 aromatic heterocycles. The second kappa shape index (κ2) is 2.15. The molecule has 1 aliphatic rings. The van der Waals surface area contributed by atoms with Crippen LogP contribution < -0.4 is 5.32 Å².